The van der Waals surface area contributed by atoms with Gasteiger partial charge in [-0.2, -0.15) is 0 Å². The van der Waals surface area contributed by atoms with Gasteiger partial charge >= 0.3 is 22.5 Å². The van der Waals surface area contributed by atoms with Crippen LogP contribution in [0.15, 0.2) is 24.3 Å². The third-order valence-corrected chi connectivity index (χ3v) is 2.92. The van der Waals surface area contributed by atoms with E-state index in [4.69, 9.17) is 13.7 Å². The van der Waals surface area contributed by atoms with E-state index >= 15 is 0 Å². The molecule has 0 spiro atoms. The van der Waals surface area contributed by atoms with Crippen molar-refractivity contribution < 1.29 is 13.7 Å². The molecule has 6 heteroatoms. The van der Waals surface area contributed by atoms with Crippen LogP contribution in [0.2, 0.25) is 5.31 Å². The van der Waals surface area contributed by atoms with Gasteiger partial charge < -0.3 is 13.7 Å². The van der Waals surface area contributed by atoms with Crippen molar-refractivity contribution in [1.82, 2.24) is 0 Å². The summed E-state index contributed by atoms with van der Waals surface area (Å²) < 4.78 is 15.3. The molecule has 2 radical (unpaired) electrons. The topological polar surface area (TPSA) is 27.7 Å². The molecule has 0 saturated carbocycles. The molecule has 2 unspecified atom stereocenters. The molecule has 1 aliphatic heterocycles. The maximum atomic E-state index is 5.30. The first kappa shape index (κ1) is 10.1. The highest BCUT2D eigenvalue weighted by atomic mass is 16.7. The predicted octanol–water partition coefficient (Wildman–Crippen LogP) is 1.13. The van der Waals surface area contributed by atoms with Crippen molar-refractivity contribution in [3.63, 3.8) is 0 Å². The second-order valence-corrected chi connectivity index (χ2v) is 3.83. The Balaban J connectivity index is 2.13. The van der Waals surface area contributed by atoms with Crippen LogP contribution in [0.1, 0.15) is 13.8 Å². The third-order valence-electron chi connectivity index (χ3n) is 2.92. The van der Waals surface area contributed by atoms with E-state index in [-0.39, 0.29) is 12.4 Å². The van der Waals surface area contributed by atoms with Crippen molar-refractivity contribution >= 4 is 22.5 Å². The number of allylic oxidation sites excluding steroid dienone is 4. The van der Waals surface area contributed by atoms with E-state index in [0.717, 1.165) is 0 Å². The fourth-order valence-corrected chi connectivity index (χ4v) is 1.66. The molecule has 0 aromatic carbocycles. The van der Waals surface area contributed by atoms with Crippen LogP contribution >= 0.6 is 0 Å². The number of hydrogen-bond acceptors (Lipinski definition) is 3. The Morgan fingerprint density at radius 3 is 2.64 bits per heavy atom. The second-order valence-electron chi connectivity index (χ2n) is 3.83. The fourth-order valence-electron chi connectivity index (χ4n) is 1.66. The largest absolute Gasteiger partial charge is 0.458 e. The van der Waals surface area contributed by atoms with Gasteiger partial charge in [0.15, 0.2) is 0 Å². The molecular formula is C8H11B3O3. The lowest BCUT2D eigenvalue weighted by Gasteiger charge is -2.38. The van der Waals surface area contributed by atoms with Crippen molar-refractivity contribution in [1.29, 1.82) is 0 Å². The summed E-state index contributed by atoms with van der Waals surface area (Å²) in [6.45, 7) is 4.25. The zero-order valence-corrected chi connectivity index (χ0v) is 8.34. The molecule has 1 saturated heterocycles. The van der Waals surface area contributed by atoms with Gasteiger partial charge in [-0.15, -0.1) is 0 Å². The summed E-state index contributed by atoms with van der Waals surface area (Å²) in [5.74, 6) is 0.373. The van der Waals surface area contributed by atoms with Crippen LogP contribution in [-0.2, 0) is 13.7 Å². The molecule has 70 valence electrons. The first-order valence-corrected chi connectivity index (χ1v) is 4.69. The minimum atomic E-state index is -0.313. The molecule has 0 N–H and O–H groups in total. The van der Waals surface area contributed by atoms with Gasteiger partial charge in [0.1, 0.15) is 0 Å². The van der Waals surface area contributed by atoms with Gasteiger partial charge in [-0.25, -0.2) is 0 Å². The van der Waals surface area contributed by atoms with Crippen LogP contribution in [0.25, 0.3) is 0 Å². The first-order chi connectivity index (χ1) is 6.73. The van der Waals surface area contributed by atoms with Gasteiger partial charge in [-0.1, -0.05) is 38.2 Å². The van der Waals surface area contributed by atoms with Crippen LogP contribution in [0.5, 0.6) is 0 Å². The molecule has 14 heavy (non-hydrogen) atoms. The maximum absolute atomic E-state index is 5.30. The quantitative estimate of drug-likeness (QED) is 0.576. The van der Waals surface area contributed by atoms with Gasteiger partial charge in [-0.3, -0.25) is 0 Å². The average Bonchev–Trinajstić information content (AvgIpc) is 2.24. The molecular weight excluding hydrogens is 177 g/mol. The SMILES string of the molecule is CC1C=CC=CC1(C)B1O[B]O[B]O1. The summed E-state index contributed by atoms with van der Waals surface area (Å²) in [7, 11) is 2.30. The monoisotopic (exact) mass is 188 g/mol. The van der Waals surface area contributed by atoms with Gasteiger partial charge in [0.25, 0.3) is 0 Å². The normalized spacial score (nSPS) is 36.4. The molecule has 0 amide bonds. The summed E-state index contributed by atoms with van der Waals surface area (Å²) in [4.78, 5) is 0. The van der Waals surface area contributed by atoms with Gasteiger partial charge in [0.05, 0.1) is 0 Å². The van der Waals surface area contributed by atoms with E-state index in [2.05, 4.69) is 26.0 Å². The van der Waals surface area contributed by atoms with Crippen molar-refractivity contribution in [3.05, 3.63) is 24.3 Å². The van der Waals surface area contributed by atoms with Crippen LogP contribution in [0, 0.1) is 5.92 Å². The van der Waals surface area contributed by atoms with Crippen molar-refractivity contribution in [2.45, 2.75) is 19.2 Å². The molecule has 0 aromatic rings. The van der Waals surface area contributed by atoms with Gasteiger partial charge in [0, 0.05) is 5.31 Å². The Morgan fingerprint density at radius 1 is 1.29 bits per heavy atom. The number of rotatable bonds is 1. The zero-order valence-electron chi connectivity index (χ0n) is 8.34. The minimum Gasteiger partial charge on any atom is -0.457 e. The fraction of sp³-hybridized carbons (Fsp3) is 0.500. The highest BCUT2D eigenvalue weighted by molar-refractivity contribution is 6.64. The first-order valence-electron chi connectivity index (χ1n) is 4.69. The zero-order chi connectivity index (χ0) is 10.0. The minimum absolute atomic E-state index is 0.147. The second kappa shape index (κ2) is 3.97. The summed E-state index contributed by atoms with van der Waals surface area (Å²) in [5.41, 5.74) is 0. The summed E-state index contributed by atoms with van der Waals surface area (Å²) >= 11 is 0. The highest BCUT2D eigenvalue weighted by Crippen LogP contribution is 2.43. The Hall–Kier alpha value is -0.445. The predicted molar refractivity (Wildman–Crippen MR) is 56.3 cm³/mol. The van der Waals surface area contributed by atoms with Crippen molar-refractivity contribution in [2.24, 2.45) is 5.92 Å². The van der Waals surface area contributed by atoms with E-state index in [1.165, 1.54) is 15.4 Å². The van der Waals surface area contributed by atoms with E-state index in [0.29, 0.717) is 5.92 Å². The Kier molecular flexibility index (Phi) is 2.86. The van der Waals surface area contributed by atoms with E-state index < -0.39 is 0 Å². The number of hydrogen-bond donors (Lipinski definition) is 0. The molecule has 1 heterocycles. The van der Waals surface area contributed by atoms with Crippen molar-refractivity contribution in [3.8, 4) is 0 Å². The lowest BCUT2D eigenvalue weighted by Crippen LogP contribution is -2.45. The van der Waals surface area contributed by atoms with Crippen LogP contribution < -0.4 is 0 Å². The summed E-state index contributed by atoms with van der Waals surface area (Å²) in [6, 6.07) is 0. The molecule has 2 aliphatic rings. The highest BCUT2D eigenvalue weighted by Gasteiger charge is 2.45. The molecule has 0 bridgehead atoms. The van der Waals surface area contributed by atoms with Crippen LogP contribution in [0.3, 0.4) is 0 Å². The molecule has 2 rings (SSSR count). The Labute approximate surface area is 86.3 Å². The standard InChI is InChI=1S/C8H11B3O3/c1-7-5-3-4-6-8(7,2)11-13-9-12-10-14-11/h3-7H,1-2H3. The van der Waals surface area contributed by atoms with E-state index in [9.17, 15) is 0 Å². The average molecular weight is 188 g/mol. The lowest BCUT2D eigenvalue weighted by molar-refractivity contribution is 0.288. The van der Waals surface area contributed by atoms with Crippen LogP contribution in [0.4, 0.5) is 0 Å². The van der Waals surface area contributed by atoms with Crippen LogP contribution in [-0.4, -0.2) is 22.5 Å². The smallest absolute Gasteiger partial charge is 0.457 e. The van der Waals surface area contributed by atoms with Crippen molar-refractivity contribution in [2.75, 3.05) is 0 Å². The molecule has 1 aliphatic carbocycles. The lowest BCUT2D eigenvalue weighted by atomic mass is 9.50. The molecule has 2 atom stereocenters. The third kappa shape index (κ3) is 1.70. The molecule has 0 aromatic heterocycles. The maximum Gasteiger partial charge on any atom is 0.458 e. The molecule has 3 nitrogen and oxygen atoms in total. The summed E-state index contributed by atoms with van der Waals surface area (Å²) in [6.07, 6.45) is 8.30. The summed E-state index contributed by atoms with van der Waals surface area (Å²) in [5, 5.41) is -0.147. The Morgan fingerprint density at radius 2 is 2.00 bits per heavy atom. The van der Waals surface area contributed by atoms with E-state index in [1.54, 1.807) is 0 Å². The Bertz CT molecular complexity index is 263. The van der Waals surface area contributed by atoms with Gasteiger partial charge in [-0.05, 0) is 5.92 Å². The molecule has 1 fully saturated rings. The van der Waals surface area contributed by atoms with Gasteiger partial charge in [0.2, 0.25) is 0 Å². The van der Waals surface area contributed by atoms with E-state index in [1.807, 2.05) is 12.2 Å².